The quantitative estimate of drug-likeness (QED) is 0.588. The molecule has 0 unspecified atom stereocenters. The summed E-state index contributed by atoms with van der Waals surface area (Å²) in [5.41, 5.74) is 1.82. The highest BCUT2D eigenvalue weighted by Gasteiger charge is 2.08. The molecule has 0 heterocycles. The third-order valence-electron chi connectivity index (χ3n) is 3.45. The highest BCUT2D eigenvalue weighted by molar-refractivity contribution is 6.30. The van der Waals surface area contributed by atoms with Gasteiger partial charge in [-0.15, -0.1) is 0 Å². The Morgan fingerprint density at radius 1 is 1.20 bits per heavy atom. The zero-order valence-corrected chi connectivity index (χ0v) is 14.5. The average Bonchev–Trinajstić information content (AvgIpc) is 2.64. The summed E-state index contributed by atoms with van der Waals surface area (Å²) in [6.07, 6.45) is 2.05. The van der Waals surface area contributed by atoms with Crippen LogP contribution in [0.5, 0.6) is 5.75 Å². The summed E-state index contributed by atoms with van der Waals surface area (Å²) in [6, 6.07) is 16.5. The number of hydrogen-bond donors (Lipinski definition) is 2. The maximum Gasteiger partial charge on any atom is 0.263 e. The van der Waals surface area contributed by atoms with E-state index in [9.17, 15) is 4.79 Å². The van der Waals surface area contributed by atoms with Crippen LogP contribution in [0.4, 0.5) is 5.69 Å². The second kappa shape index (κ2) is 9.36. The molecule has 25 heavy (non-hydrogen) atoms. The zero-order chi connectivity index (χ0) is 18.1. The van der Waals surface area contributed by atoms with Gasteiger partial charge in [0.05, 0.1) is 7.11 Å². The van der Waals surface area contributed by atoms with E-state index in [4.69, 9.17) is 21.6 Å². The van der Waals surface area contributed by atoms with E-state index in [1.807, 2.05) is 30.3 Å². The van der Waals surface area contributed by atoms with Crippen LogP contribution in [0.2, 0.25) is 5.02 Å². The SMILES string of the molecule is COc1ccc(CCNC(=O)/C(C#N)=C\Nc2ccc(Cl)cc2)cc1. The summed E-state index contributed by atoms with van der Waals surface area (Å²) >= 11 is 5.81. The Bertz CT molecular complexity index is 778. The minimum Gasteiger partial charge on any atom is -0.497 e. The molecule has 0 aromatic heterocycles. The highest BCUT2D eigenvalue weighted by Crippen LogP contribution is 2.14. The van der Waals surface area contributed by atoms with Crippen LogP contribution in [-0.2, 0) is 11.2 Å². The molecule has 0 aliphatic carbocycles. The number of rotatable bonds is 7. The number of nitrogens with one attached hydrogen (secondary N) is 2. The standard InChI is InChI=1S/C19H18ClN3O2/c1-25-18-8-2-14(3-9-18)10-11-22-19(24)15(12-21)13-23-17-6-4-16(20)5-7-17/h2-9,13,23H,10-11H2,1H3,(H,22,24)/b15-13-. The summed E-state index contributed by atoms with van der Waals surface area (Å²) in [5, 5.41) is 15.4. The van der Waals surface area contributed by atoms with Crippen molar-refractivity contribution in [1.82, 2.24) is 5.32 Å². The Hall–Kier alpha value is -2.97. The normalized spacial score (nSPS) is 10.7. The van der Waals surface area contributed by atoms with Crippen molar-refractivity contribution in [1.29, 1.82) is 5.26 Å². The van der Waals surface area contributed by atoms with Crippen LogP contribution in [0, 0.1) is 11.3 Å². The molecule has 1 amide bonds. The number of anilines is 1. The summed E-state index contributed by atoms with van der Waals surface area (Å²) in [6.45, 7) is 0.436. The Balaban J connectivity index is 1.85. The van der Waals surface area contributed by atoms with Gasteiger partial charge in [0, 0.05) is 23.5 Å². The molecule has 0 saturated heterocycles. The van der Waals surface area contributed by atoms with E-state index < -0.39 is 5.91 Å². The van der Waals surface area contributed by atoms with Crippen molar-refractivity contribution in [3.63, 3.8) is 0 Å². The molecule has 2 rings (SSSR count). The number of carbonyl (C=O) groups excluding carboxylic acids is 1. The van der Waals surface area contributed by atoms with E-state index in [-0.39, 0.29) is 5.57 Å². The van der Waals surface area contributed by atoms with Gasteiger partial charge in [0.25, 0.3) is 5.91 Å². The smallest absolute Gasteiger partial charge is 0.263 e. The first-order valence-electron chi connectivity index (χ1n) is 7.66. The summed E-state index contributed by atoms with van der Waals surface area (Å²) in [4.78, 5) is 12.1. The molecular formula is C19H18ClN3O2. The van der Waals surface area contributed by atoms with Crippen molar-refractivity contribution in [3.8, 4) is 11.8 Å². The molecular weight excluding hydrogens is 338 g/mol. The fraction of sp³-hybridized carbons (Fsp3) is 0.158. The molecule has 2 aromatic carbocycles. The Morgan fingerprint density at radius 3 is 2.48 bits per heavy atom. The van der Waals surface area contributed by atoms with Gasteiger partial charge in [0.1, 0.15) is 17.4 Å². The van der Waals surface area contributed by atoms with E-state index >= 15 is 0 Å². The Morgan fingerprint density at radius 2 is 1.88 bits per heavy atom. The number of hydrogen-bond acceptors (Lipinski definition) is 4. The monoisotopic (exact) mass is 355 g/mol. The lowest BCUT2D eigenvalue weighted by molar-refractivity contribution is -0.117. The van der Waals surface area contributed by atoms with Gasteiger partial charge in [-0.3, -0.25) is 4.79 Å². The van der Waals surface area contributed by atoms with Crippen LogP contribution in [0.3, 0.4) is 0 Å². The molecule has 0 fully saturated rings. The van der Waals surface area contributed by atoms with Crippen LogP contribution in [-0.4, -0.2) is 19.6 Å². The predicted octanol–water partition coefficient (Wildman–Crippen LogP) is 3.53. The van der Waals surface area contributed by atoms with E-state index in [0.29, 0.717) is 18.0 Å². The Kier molecular flexibility index (Phi) is 6.87. The average molecular weight is 356 g/mol. The van der Waals surface area contributed by atoms with Gasteiger partial charge in [0.2, 0.25) is 0 Å². The first kappa shape index (κ1) is 18.4. The van der Waals surface area contributed by atoms with Crippen molar-refractivity contribution < 1.29 is 9.53 Å². The molecule has 0 bridgehead atoms. The van der Waals surface area contributed by atoms with Crippen molar-refractivity contribution in [2.75, 3.05) is 19.0 Å². The molecule has 0 spiro atoms. The minimum absolute atomic E-state index is 0.00433. The first-order valence-corrected chi connectivity index (χ1v) is 8.03. The largest absolute Gasteiger partial charge is 0.497 e. The summed E-state index contributed by atoms with van der Waals surface area (Å²) in [5.74, 6) is 0.369. The number of nitriles is 1. The van der Waals surface area contributed by atoms with Crippen molar-refractivity contribution >= 4 is 23.2 Å². The second-order valence-electron chi connectivity index (χ2n) is 5.18. The summed E-state index contributed by atoms with van der Waals surface area (Å²) < 4.78 is 5.10. The molecule has 0 atom stereocenters. The predicted molar refractivity (Wildman–Crippen MR) is 98.5 cm³/mol. The lowest BCUT2D eigenvalue weighted by atomic mass is 10.1. The van der Waals surface area contributed by atoms with E-state index in [1.165, 1.54) is 6.20 Å². The fourth-order valence-electron chi connectivity index (χ4n) is 2.06. The van der Waals surface area contributed by atoms with Crippen LogP contribution in [0.15, 0.2) is 60.3 Å². The molecule has 2 N–H and O–H groups in total. The fourth-order valence-corrected chi connectivity index (χ4v) is 2.18. The van der Waals surface area contributed by atoms with Crippen molar-refractivity contribution in [2.24, 2.45) is 0 Å². The molecule has 0 aliphatic rings. The maximum atomic E-state index is 12.1. The highest BCUT2D eigenvalue weighted by atomic mass is 35.5. The van der Waals surface area contributed by atoms with Crippen molar-refractivity contribution in [3.05, 3.63) is 70.9 Å². The van der Waals surface area contributed by atoms with Crippen LogP contribution in [0.1, 0.15) is 5.56 Å². The second-order valence-corrected chi connectivity index (χ2v) is 5.61. The van der Waals surface area contributed by atoms with Crippen molar-refractivity contribution in [2.45, 2.75) is 6.42 Å². The van der Waals surface area contributed by atoms with Crippen LogP contribution >= 0.6 is 11.6 Å². The van der Waals surface area contributed by atoms with Crippen LogP contribution < -0.4 is 15.4 Å². The first-order chi connectivity index (χ1) is 12.1. The minimum atomic E-state index is -0.419. The number of methoxy groups -OCH3 is 1. The van der Waals surface area contributed by atoms with E-state index in [2.05, 4.69) is 10.6 Å². The lowest BCUT2D eigenvalue weighted by Crippen LogP contribution is -2.27. The zero-order valence-electron chi connectivity index (χ0n) is 13.8. The number of nitrogens with zero attached hydrogens (tertiary/aromatic N) is 1. The molecule has 5 nitrogen and oxygen atoms in total. The molecule has 128 valence electrons. The third-order valence-corrected chi connectivity index (χ3v) is 3.70. The molecule has 6 heteroatoms. The molecule has 0 aliphatic heterocycles. The third kappa shape index (κ3) is 5.87. The van der Waals surface area contributed by atoms with Gasteiger partial charge in [-0.1, -0.05) is 23.7 Å². The number of halogens is 1. The van der Waals surface area contributed by atoms with E-state index in [0.717, 1.165) is 17.0 Å². The molecule has 2 aromatic rings. The number of carbonyl (C=O) groups is 1. The number of benzene rings is 2. The van der Waals surface area contributed by atoms with Gasteiger partial charge in [-0.05, 0) is 48.4 Å². The summed E-state index contributed by atoms with van der Waals surface area (Å²) in [7, 11) is 1.61. The van der Waals surface area contributed by atoms with Gasteiger partial charge in [-0.2, -0.15) is 5.26 Å². The van der Waals surface area contributed by atoms with Gasteiger partial charge < -0.3 is 15.4 Å². The van der Waals surface area contributed by atoms with Crippen LogP contribution in [0.25, 0.3) is 0 Å². The molecule has 0 radical (unpaired) electrons. The number of ether oxygens (including phenoxy) is 1. The lowest BCUT2D eigenvalue weighted by Gasteiger charge is -2.06. The number of amides is 1. The van der Waals surface area contributed by atoms with Gasteiger partial charge in [-0.25, -0.2) is 0 Å². The molecule has 0 saturated carbocycles. The van der Waals surface area contributed by atoms with Gasteiger partial charge in [0.15, 0.2) is 0 Å². The van der Waals surface area contributed by atoms with E-state index in [1.54, 1.807) is 31.4 Å². The van der Waals surface area contributed by atoms with Gasteiger partial charge >= 0.3 is 0 Å². The maximum absolute atomic E-state index is 12.1. The topological polar surface area (TPSA) is 74.1 Å². The Labute approximate surface area is 151 Å².